The lowest BCUT2D eigenvalue weighted by atomic mass is 10.0. The van der Waals surface area contributed by atoms with Crippen molar-refractivity contribution >= 4 is 27.8 Å². The molecule has 0 amide bonds. The van der Waals surface area contributed by atoms with Crippen LogP contribution in [-0.4, -0.2) is 57.0 Å². The SMILES string of the molecule is Cn1cc(-c2cc3nc(-c4cncn4C)n(-c4cc(N5CC(F)(F)C5)c5c(c4)n(C)c(=O)n5C)c3cc2C(F)F)cn1. The highest BCUT2D eigenvalue weighted by Gasteiger charge is 2.45. The number of benzene rings is 2. The number of nitrogens with zero attached hydrogens (tertiary/aromatic N) is 9. The Hall–Kier alpha value is -4.88. The van der Waals surface area contributed by atoms with Gasteiger partial charge in [0.1, 0.15) is 5.69 Å². The molecule has 1 saturated heterocycles. The largest absolute Gasteiger partial charge is 0.357 e. The molecule has 42 heavy (non-hydrogen) atoms. The number of rotatable bonds is 5. The molecule has 1 fully saturated rings. The van der Waals surface area contributed by atoms with Crippen LogP contribution in [0.3, 0.4) is 0 Å². The monoisotopic (exact) mass is 579 g/mol. The van der Waals surface area contributed by atoms with Crippen molar-refractivity contribution in [2.45, 2.75) is 12.3 Å². The molecule has 0 radical (unpaired) electrons. The van der Waals surface area contributed by atoms with Crippen molar-refractivity contribution in [1.29, 1.82) is 0 Å². The van der Waals surface area contributed by atoms with Gasteiger partial charge in [0.2, 0.25) is 0 Å². The van der Waals surface area contributed by atoms with E-state index >= 15 is 0 Å². The van der Waals surface area contributed by atoms with E-state index in [-0.39, 0.29) is 11.3 Å². The molecule has 0 saturated carbocycles. The van der Waals surface area contributed by atoms with E-state index in [0.29, 0.717) is 56.1 Å². The molecule has 0 spiro atoms. The quantitative estimate of drug-likeness (QED) is 0.283. The molecular weight excluding hydrogens is 554 g/mol. The summed E-state index contributed by atoms with van der Waals surface area (Å²) < 4.78 is 65.0. The Morgan fingerprint density at radius 3 is 2.33 bits per heavy atom. The number of alkyl halides is 4. The fourth-order valence-electron chi connectivity index (χ4n) is 5.80. The number of halogens is 4. The first-order chi connectivity index (χ1) is 19.9. The van der Waals surface area contributed by atoms with Gasteiger partial charge < -0.3 is 9.47 Å². The lowest BCUT2D eigenvalue weighted by Gasteiger charge is -2.41. The maximum absolute atomic E-state index is 14.5. The molecule has 0 atom stereocenters. The molecule has 14 heteroatoms. The number of aryl methyl sites for hydroxylation is 4. The third kappa shape index (κ3) is 3.77. The van der Waals surface area contributed by atoms with Crippen LogP contribution in [0.2, 0.25) is 0 Å². The number of fused-ring (bicyclic) bond motifs is 2. The van der Waals surface area contributed by atoms with Gasteiger partial charge in [-0.1, -0.05) is 0 Å². The molecule has 0 aliphatic carbocycles. The molecule has 6 aromatic rings. The van der Waals surface area contributed by atoms with Crippen molar-refractivity contribution < 1.29 is 17.6 Å². The van der Waals surface area contributed by atoms with Gasteiger partial charge in [-0.05, 0) is 29.8 Å². The van der Waals surface area contributed by atoms with Gasteiger partial charge in [-0.3, -0.25) is 18.4 Å². The molecule has 0 N–H and O–H groups in total. The zero-order valence-electron chi connectivity index (χ0n) is 23.1. The third-order valence-electron chi connectivity index (χ3n) is 7.89. The van der Waals surface area contributed by atoms with Crippen LogP contribution in [-0.2, 0) is 28.2 Å². The fraction of sp³-hybridized carbons (Fsp3) is 0.286. The predicted molar refractivity (Wildman–Crippen MR) is 149 cm³/mol. The molecule has 216 valence electrons. The number of hydrogen-bond acceptors (Lipinski definition) is 5. The number of hydrogen-bond donors (Lipinski definition) is 0. The number of imidazole rings is 3. The Kier molecular flexibility index (Phi) is 5.46. The van der Waals surface area contributed by atoms with Crippen LogP contribution in [0.1, 0.15) is 12.0 Å². The Morgan fingerprint density at radius 2 is 1.71 bits per heavy atom. The maximum Gasteiger partial charge on any atom is 0.328 e. The van der Waals surface area contributed by atoms with Gasteiger partial charge >= 0.3 is 5.69 Å². The average molecular weight is 580 g/mol. The standard InChI is InChI=1S/C28H25F4N9O/c1-36-14-33-10-23(36)26-35-19-7-17(15-9-34-37(2)11-15)18(25(29)30)8-20(19)41(26)16-5-21-24(39(4)27(42)38(21)3)22(6-16)40-12-28(31,32)13-40/h5-11,14,25H,12-13H2,1-4H3. The van der Waals surface area contributed by atoms with E-state index in [0.717, 1.165) is 0 Å². The summed E-state index contributed by atoms with van der Waals surface area (Å²) in [6.07, 6.45) is 3.59. The van der Waals surface area contributed by atoms with Gasteiger partial charge in [0.15, 0.2) is 5.82 Å². The molecule has 0 bridgehead atoms. The van der Waals surface area contributed by atoms with Crippen LogP contribution in [0, 0.1) is 0 Å². The van der Waals surface area contributed by atoms with Gasteiger partial charge in [0.05, 0.1) is 65.3 Å². The molecule has 4 aromatic heterocycles. The van der Waals surface area contributed by atoms with Crippen LogP contribution in [0.5, 0.6) is 0 Å². The van der Waals surface area contributed by atoms with Crippen molar-refractivity contribution in [3.63, 3.8) is 0 Å². The Balaban J connectivity index is 1.56. The summed E-state index contributed by atoms with van der Waals surface area (Å²) in [5.74, 6) is -2.44. The van der Waals surface area contributed by atoms with Gasteiger partial charge in [-0.15, -0.1) is 0 Å². The van der Waals surface area contributed by atoms with E-state index in [2.05, 4.69) is 10.1 Å². The minimum atomic E-state index is -2.85. The number of anilines is 1. The van der Waals surface area contributed by atoms with Crippen LogP contribution < -0.4 is 10.6 Å². The minimum absolute atomic E-state index is 0.205. The zero-order chi connectivity index (χ0) is 29.7. The highest BCUT2D eigenvalue weighted by molar-refractivity contribution is 5.95. The molecule has 1 aliphatic rings. The molecule has 5 heterocycles. The number of aromatic nitrogens is 8. The predicted octanol–water partition coefficient (Wildman–Crippen LogP) is 4.41. The van der Waals surface area contributed by atoms with Crippen LogP contribution in [0.15, 0.2) is 54.0 Å². The van der Waals surface area contributed by atoms with Gasteiger partial charge in [-0.2, -0.15) is 5.10 Å². The van der Waals surface area contributed by atoms with Crippen molar-refractivity contribution in [2.24, 2.45) is 28.2 Å². The summed E-state index contributed by atoms with van der Waals surface area (Å²) >= 11 is 0. The first-order valence-electron chi connectivity index (χ1n) is 13.1. The molecular formula is C28H25F4N9O. The van der Waals surface area contributed by atoms with Gasteiger partial charge in [0, 0.05) is 45.5 Å². The molecule has 7 rings (SSSR count). The van der Waals surface area contributed by atoms with E-state index in [1.165, 1.54) is 31.0 Å². The molecule has 1 aliphatic heterocycles. The van der Waals surface area contributed by atoms with Crippen molar-refractivity contribution in [3.8, 4) is 28.3 Å². The zero-order valence-corrected chi connectivity index (χ0v) is 23.1. The Bertz CT molecular complexity index is 2090. The second kappa shape index (κ2) is 8.81. The summed E-state index contributed by atoms with van der Waals surface area (Å²) in [7, 11) is 6.69. The fourth-order valence-corrected chi connectivity index (χ4v) is 5.80. The smallest absolute Gasteiger partial charge is 0.328 e. The second-order valence-corrected chi connectivity index (χ2v) is 10.7. The lowest BCUT2D eigenvalue weighted by Crippen LogP contribution is -2.56. The van der Waals surface area contributed by atoms with E-state index < -0.39 is 25.4 Å². The van der Waals surface area contributed by atoms with Crippen molar-refractivity contribution in [1.82, 2.24) is 38.0 Å². The normalized spacial score (nSPS) is 14.9. The molecule has 10 nitrogen and oxygen atoms in total. The average Bonchev–Trinajstić information content (AvgIpc) is 3.69. The Morgan fingerprint density at radius 1 is 0.952 bits per heavy atom. The summed E-state index contributed by atoms with van der Waals surface area (Å²) in [5, 5.41) is 4.14. The van der Waals surface area contributed by atoms with Crippen molar-refractivity contribution in [2.75, 3.05) is 18.0 Å². The van der Waals surface area contributed by atoms with Crippen LogP contribution in [0.4, 0.5) is 23.2 Å². The van der Waals surface area contributed by atoms with Crippen molar-refractivity contribution in [3.05, 3.63) is 65.2 Å². The summed E-state index contributed by atoms with van der Waals surface area (Å²) in [6.45, 7) is -1.00. The van der Waals surface area contributed by atoms with Crippen LogP contribution in [0.25, 0.3) is 50.4 Å². The molecule has 0 unspecified atom stereocenters. The minimum Gasteiger partial charge on any atom is -0.357 e. The summed E-state index contributed by atoms with van der Waals surface area (Å²) in [6, 6.07) is 6.46. The van der Waals surface area contributed by atoms with E-state index in [1.807, 2.05) is 0 Å². The van der Waals surface area contributed by atoms with Crippen LogP contribution >= 0.6 is 0 Å². The first-order valence-corrected chi connectivity index (χ1v) is 13.1. The molecule has 2 aromatic carbocycles. The second-order valence-electron chi connectivity index (χ2n) is 10.7. The van der Waals surface area contributed by atoms with Gasteiger partial charge in [-0.25, -0.2) is 32.3 Å². The summed E-state index contributed by atoms with van der Waals surface area (Å²) in [5.41, 5.74) is 3.64. The van der Waals surface area contributed by atoms with Gasteiger partial charge in [0.25, 0.3) is 12.3 Å². The lowest BCUT2D eigenvalue weighted by molar-refractivity contribution is -0.0261. The summed E-state index contributed by atoms with van der Waals surface area (Å²) in [4.78, 5) is 23.5. The van der Waals surface area contributed by atoms with E-state index in [4.69, 9.17) is 4.98 Å². The Labute approximate surface area is 235 Å². The highest BCUT2D eigenvalue weighted by Crippen LogP contribution is 2.41. The maximum atomic E-state index is 14.5. The van der Waals surface area contributed by atoms with E-state index in [9.17, 15) is 22.4 Å². The highest BCUT2D eigenvalue weighted by atomic mass is 19.3. The first kappa shape index (κ1) is 26.0. The van der Waals surface area contributed by atoms with E-state index in [1.54, 1.807) is 74.2 Å². The topological polar surface area (TPSA) is 83.6 Å². The third-order valence-corrected chi connectivity index (χ3v) is 7.89.